The molecule has 1 fully saturated rings. The summed E-state index contributed by atoms with van der Waals surface area (Å²) in [6, 6.07) is 15.0. The van der Waals surface area contributed by atoms with E-state index in [1.54, 1.807) is 18.2 Å². The van der Waals surface area contributed by atoms with E-state index in [4.69, 9.17) is 27.4 Å². The number of carbonyl (C=O) groups is 2. The van der Waals surface area contributed by atoms with E-state index in [1.807, 2.05) is 0 Å². The molecule has 3 aromatic carbocycles. The van der Waals surface area contributed by atoms with Gasteiger partial charge in [0.05, 0.1) is 16.4 Å². The number of rotatable bonds is 7. The van der Waals surface area contributed by atoms with Gasteiger partial charge in [0, 0.05) is 22.2 Å². The first-order valence-corrected chi connectivity index (χ1v) is 13.0. The van der Waals surface area contributed by atoms with E-state index < -0.39 is 31.9 Å². The van der Waals surface area contributed by atoms with Crippen LogP contribution in [0.15, 0.2) is 76.5 Å². The molecule has 0 saturated carbocycles. The van der Waals surface area contributed by atoms with Crippen molar-refractivity contribution in [1.82, 2.24) is 4.90 Å². The summed E-state index contributed by atoms with van der Waals surface area (Å²) in [5.41, 5.74) is 0.548. The van der Waals surface area contributed by atoms with Crippen molar-refractivity contribution in [3.05, 3.63) is 103 Å². The van der Waals surface area contributed by atoms with Crippen molar-refractivity contribution in [2.75, 3.05) is 0 Å². The lowest BCUT2D eigenvalue weighted by Crippen LogP contribution is -2.27. The van der Waals surface area contributed by atoms with Crippen LogP contribution in [0.25, 0.3) is 6.08 Å². The van der Waals surface area contributed by atoms with E-state index in [-0.39, 0.29) is 22.1 Å². The van der Waals surface area contributed by atoms with Crippen LogP contribution in [0.5, 0.6) is 5.75 Å². The molecule has 0 bridgehead atoms. The van der Waals surface area contributed by atoms with Crippen molar-refractivity contribution in [1.29, 1.82) is 0 Å². The number of thioether (sulfide) groups is 1. The summed E-state index contributed by atoms with van der Waals surface area (Å²) in [6.45, 7) is -0.0391. The van der Waals surface area contributed by atoms with Gasteiger partial charge in [0.2, 0.25) is 0 Å². The zero-order valence-electron chi connectivity index (χ0n) is 18.0. The molecule has 0 N–H and O–H groups in total. The summed E-state index contributed by atoms with van der Waals surface area (Å²) >= 11 is 12.8. The molecular formula is C23H14Cl2N2O7S2. The maximum atomic E-state index is 12.9. The lowest BCUT2D eigenvalue weighted by molar-refractivity contribution is -0.385. The van der Waals surface area contributed by atoms with E-state index in [9.17, 15) is 28.1 Å². The van der Waals surface area contributed by atoms with Crippen molar-refractivity contribution in [2.24, 2.45) is 0 Å². The van der Waals surface area contributed by atoms with Crippen molar-refractivity contribution < 1.29 is 27.1 Å². The summed E-state index contributed by atoms with van der Waals surface area (Å²) in [4.78, 5) is 36.3. The minimum absolute atomic E-state index is 0.0391. The summed E-state index contributed by atoms with van der Waals surface area (Å²) < 4.78 is 30.3. The summed E-state index contributed by atoms with van der Waals surface area (Å²) in [5.74, 6) is -0.617. The van der Waals surface area contributed by atoms with Crippen molar-refractivity contribution in [3.63, 3.8) is 0 Å². The van der Waals surface area contributed by atoms with Gasteiger partial charge in [-0.2, -0.15) is 8.42 Å². The van der Waals surface area contributed by atoms with Crippen LogP contribution >= 0.6 is 35.0 Å². The first-order chi connectivity index (χ1) is 17.0. The van der Waals surface area contributed by atoms with Crippen LogP contribution in [-0.2, 0) is 21.5 Å². The third-order valence-corrected chi connectivity index (χ3v) is 7.63. The van der Waals surface area contributed by atoms with E-state index in [0.29, 0.717) is 21.2 Å². The highest BCUT2D eigenvalue weighted by atomic mass is 35.5. The fourth-order valence-electron chi connectivity index (χ4n) is 3.19. The predicted molar refractivity (Wildman–Crippen MR) is 135 cm³/mol. The van der Waals surface area contributed by atoms with Crippen molar-refractivity contribution in [2.45, 2.75) is 11.4 Å². The van der Waals surface area contributed by atoms with Gasteiger partial charge in [0.25, 0.3) is 16.8 Å². The Morgan fingerprint density at radius 1 is 1.03 bits per heavy atom. The van der Waals surface area contributed by atoms with Gasteiger partial charge in [-0.3, -0.25) is 24.6 Å². The second kappa shape index (κ2) is 10.3. The van der Waals surface area contributed by atoms with E-state index in [2.05, 4.69) is 0 Å². The Morgan fingerprint density at radius 3 is 2.50 bits per heavy atom. The van der Waals surface area contributed by atoms with Gasteiger partial charge in [-0.25, -0.2) is 0 Å². The normalized spacial score (nSPS) is 14.9. The Bertz CT molecular complexity index is 1540. The number of imide groups is 1. The SMILES string of the molecule is O=C1S/C(=C\c2cccc(OS(=O)(=O)c3cccc([N+](=O)[O-])c3)c2)C(=O)N1Cc1ccc(Cl)cc1Cl. The number of hydrogen-bond donors (Lipinski definition) is 0. The molecule has 0 spiro atoms. The number of hydrogen-bond acceptors (Lipinski definition) is 8. The van der Waals surface area contributed by atoms with Gasteiger partial charge in [-0.15, -0.1) is 0 Å². The molecule has 0 radical (unpaired) electrons. The zero-order valence-corrected chi connectivity index (χ0v) is 21.1. The largest absolute Gasteiger partial charge is 0.379 e. The molecule has 184 valence electrons. The molecule has 0 unspecified atom stereocenters. The van der Waals surface area contributed by atoms with Gasteiger partial charge in [0.15, 0.2) is 0 Å². The number of nitro benzene ring substituents is 1. The quantitative estimate of drug-likeness (QED) is 0.150. The fourth-order valence-corrected chi connectivity index (χ4v) is 5.46. The van der Waals surface area contributed by atoms with Gasteiger partial charge >= 0.3 is 10.1 Å². The van der Waals surface area contributed by atoms with Crippen LogP contribution in [0.1, 0.15) is 11.1 Å². The van der Waals surface area contributed by atoms with Crippen LogP contribution in [0.3, 0.4) is 0 Å². The molecule has 1 aliphatic rings. The van der Waals surface area contributed by atoms with E-state index >= 15 is 0 Å². The Hall–Kier alpha value is -3.38. The molecule has 9 nitrogen and oxygen atoms in total. The predicted octanol–water partition coefficient (Wildman–Crippen LogP) is 5.91. The highest BCUT2D eigenvalue weighted by molar-refractivity contribution is 8.18. The third-order valence-electron chi connectivity index (χ3n) is 4.90. The molecule has 1 aliphatic heterocycles. The zero-order chi connectivity index (χ0) is 26.0. The Morgan fingerprint density at radius 2 is 1.78 bits per heavy atom. The standard InChI is InChI=1S/C23H14Cl2N2O7S2/c24-16-8-7-15(20(25)11-16)13-26-22(28)21(35-23(26)29)10-14-3-1-5-18(9-14)34-36(32,33)19-6-2-4-17(12-19)27(30)31/h1-12H,13H2/b21-10-. The maximum absolute atomic E-state index is 12.9. The molecule has 4 rings (SSSR count). The third kappa shape index (κ3) is 5.71. The lowest BCUT2D eigenvalue weighted by atomic mass is 10.2. The van der Waals surface area contributed by atoms with E-state index in [0.717, 1.165) is 28.8 Å². The Labute approximate surface area is 219 Å². The van der Waals surface area contributed by atoms with E-state index in [1.165, 1.54) is 42.5 Å². The van der Waals surface area contributed by atoms with Gasteiger partial charge < -0.3 is 4.18 Å². The number of non-ortho nitro benzene ring substituents is 1. The van der Waals surface area contributed by atoms with Crippen LogP contribution in [0, 0.1) is 10.1 Å². The molecular weight excluding hydrogens is 551 g/mol. The number of amides is 2. The van der Waals surface area contributed by atoms with Crippen LogP contribution in [0.4, 0.5) is 10.5 Å². The average Bonchev–Trinajstić information content (AvgIpc) is 3.08. The first kappa shape index (κ1) is 25.7. The molecule has 0 aromatic heterocycles. The fraction of sp³-hybridized carbons (Fsp3) is 0.0435. The first-order valence-electron chi connectivity index (χ1n) is 10.0. The topological polar surface area (TPSA) is 124 Å². The highest BCUT2D eigenvalue weighted by Gasteiger charge is 2.35. The molecule has 1 saturated heterocycles. The van der Waals surface area contributed by atoms with Gasteiger partial charge in [0.1, 0.15) is 10.6 Å². The monoisotopic (exact) mass is 564 g/mol. The highest BCUT2D eigenvalue weighted by Crippen LogP contribution is 2.35. The summed E-state index contributed by atoms with van der Waals surface area (Å²) in [5, 5.41) is 11.2. The lowest BCUT2D eigenvalue weighted by Gasteiger charge is -2.13. The molecule has 2 amide bonds. The van der Waals surface area contributed by atoms with Crippen LogP contribution in [-0.4, -0.2) is 29.4 Å². The molecule has 13 heteroatoms. The van der Waals surface area contributed by atoms with Gasteiger partial charge in [-0.05, 0) is 59.3 Å². The molecule has 1 heterocycles. The number of benzene rings is 3. The Balaban J connectivity index is 1.54. The van der Waals surface area contributed by atoms with Crippen molar-refractivity contribution >= 4 is 68.0 Å². The second-order valence-electron chi connectivity index (χ2n) is 7.37. The minimum atomic E-state index is -4.36. The number of carbonyl (C=O) groups excluding carboxylic acids is 2. The summed E-state index contributed by atoms with van der Waals surface area (Å²) in [7, 11) is -4.36. The molecule has 3 aromatic rings. The van der Waals surface area contributed by atoms with Crippen LogP contribution < -0.4 is 4.18 Å². The minimum Gasteiger partial charge on any atom is -0.379 e. The smallest absolute Gasteiger partial charge is 0.339 e. The maximum Gasteiger partial charge on any atom is 0.339 e. The number of nitrogens with zero attached hydrogens (tertiary/aromatic N) is 2. The number of halogens is 2. The number of nitro groups is 1. The molecule has 0 aliphatic carbocycles. The summed E-state index contributed by atoms with van der Waals surface area (Å²) in [6.07, 6.45) is 1.43. The van der Waals surface area contributed by atoms with Crippen LogP contribution in [0.2, 0.25) is 10.0 Å². The van der Waals surface area contributed by atoms with Gasteiger partial charge in [-0.1, -0.05) is 47.5 Å². The second-order valence-corrected chi connectivity index (χ2v) is 10.8. The molecule has 0 atom stereocenters. The Kier molecular flexibility index (Phi) is 7.36. The molecule has 36 heavy (non-hydrogen) atoms. The van der Waals surface area contributed by atoms with Crippen molar-refractivity contribution in [3.8, 4) is 5.75 Å². The average molecular weight is 565 g/mol.